The fourth-order valence-corrected chi connectivity index (χ4v) is 2.16. The summed E-state index contributed by atoms with van der Waals surface area (Å²) in [6.07, 6.45) is 6.69. The molecule has 2 aromatic heterocycles. The van der Waals surface area contributed by atoms with Gasteiger partial charge in [0.05, 0.1) is 7.11 Å². The summed E-state index contributed by atoms with van der Waals surface area (Å²) in [6.45, 7) is 0. The van der Waals surface area contributed by atoms with Crippen molar-refractivity contribution in [1.29, 1.82) is 0 Å². The summed E-state index contributed by atoms with van der Waals surface area (Å²) in [6, 6.07) is 5.94. The second-order valence-electron chi connectivity index (χ2n) is 3.33. The van der Waals surface area contributed by atoms with Gasteiger partial charge in [0.1, 0.15) is 0 Å². The number of rotatable bonds is 3. The maximum atomic E-state index is 10.9. The van der Waals surface area contributed by atoms with E-state index in [9.17, 15) is 4.79 Å². The standard InChI is InChI=1S/C13H11NO2S/c1-16-13(15)3-2-12-8-11(9-17-12)10-4-6-14-7-5-10/h2-9H,1H3/b3-2+. The van der Waals surface area contributed by atoms with Crippen LogP contribution < -0.4 is 0 Å². The third kappa shape index (κ3) is 3.01. The first-order valence-corrected chi connectivity index (χ1v) is 5.92. The van der Waals surface area contributed by atoms with Crippen LogP contribution in [0.2, 0.25) is 0 Å². The van der Waals surface area contributed by atoms with Crippen LogP contribution in [0, 0.1) is 0 Å². The van der Waals surface area contributed by atoms with Crippen LogP contribution in [0.3, 0.4) is 0 Å². The van der Waals surface area contributed by atoms with Crippen LogP contribution in [0.25, 0.3) is 17.2 Å². The molecule has 0 spiro atoms. The first-order chi connectivity index (χ1) is 8.29. The van der Waals surface area contributed by atoms with E-state index in [4.69, 9.17) is 0 Å². The summed E-state index contributed by atoms with van der Waals surface area (Å²) in [4.78, 5) is 15.9. The minimum atomic E-state index is -0.344. The van der Waals surface area contributed by atoms with E-state index in [1.807, 2.05) is 23.6 Å². The Morgan fingerprint density at radius 1 is 1.35 bits per heavy atom. The Morgan fingerprint density at radius 2 is 2.12 bits per heavy atom. The van der Waals surface area contributed by atoms with Gasteiger partial charge in [0, 0.05) is 23.3 Å². The normalized spacial score (nSPS) is 10.6. The van der Waals surface area contributed by atoms with Crippen molar-refractivity contribution in [2.24, 2.45) is 0 Å². The SMILES string of the molecule is COC(=O)/C=C/c1cc(-c2ccncc2)cs1. The Kier molecular flexibility index (Phi) is 3.67. The van der Waals surface area contributed by atoms with E-state index < -0.39 is 0 Å². The number of hydrogen-bond donors (Lipinski definition) is 0. The number of carbonyl (C=O) groups is 1. The van der Waals surface area contributed by atoms with Gasteiger partial charge in [0.2, 0.25) is 0 Å². The molecule has 0 aliphatic rings. The largest absolute Gasteiger partial charge is 0.466 e. The van der Waals surface area contributed by atoms with E-state index in [2.05, 4.69) is 9.72 Å². The predicted molar refractivity (Wildman–Crippen MR) is 68.6 cm³/mol. The molecule has 0 unspecified atom stereocenters. The van der Waals surface area contributed by atoms with Crippen LogP contribution in [0.15, 0.2) is 42.0 Å². The molecule has 0 bridgehead atoms. The molecular weight excluding hydrogens is 234 g/mol. The molecule has 0 saturated heterocycles. The first kappa shape index (κ1) is 11.5. The highest BCUT2D eigenvalue weighted by Gasteiger charge is 2.00. The molecule has 17 heavy (non-hydrogen) atoms. The Balaban J connectivity index is 2.17. The lowest BCUT2D eigenvalue weighted by molar-refractivity contribution is -0.134. The van der Waals surface area contributed by atoms with Gasteiger partial charge in [-0.1, -0.05) is 0 Å². The molecule has 0 aliphatic carbocycles. The minimum Gasteiger partial charge on any atom is -0.466 e. The van der Waals surface area contributed by atoms with Gasteiger partial charge in [-0.25, -0.2) is 4.79 Å². The van der Waals surface area contributed by atoms with Gasteiger partial charge in [-0.2, -0.15) is 0 Å². The zero-order valence-electron chi connectivity index (χ0n) is 9.29. The summed E-state index contributed by atoms with van der Waals surface area (Å²) in [5.74, 6) is -0.344. The van der Waals surface area contributed by atoms with E-state index in [-0.39, 0.29) is 5.97 Å². The van der Waals surface area contributed by atoms with Crippen molar-refractivity contribution in [1.82, 2.24) is 4.98 Å². The molecule has 2 heterocycles. The average molecular weight is 245 g/mol. The first-order valence-electron chi connectivity index (χ1n) is 5.04. The van der Waals surface area contributed by atoms with E-state index >= 15 is 0 Å². The van der Waals surface area contributed by atoms with E-state index in [0.29, 0.717) is 0 Å². The number of ether oxygens (including phenoxy) is 1. The fourth-order valence-electron chi connectivity index (χ4n) is 1.35. The number of esters is 1. The van der Waals surface area contributed by atoms with Gasteiger partial charge in [0.15, 0.2) is 0 Å². The quantitative estimate of drug-likeness (QED) is 0.616. The van der Waals surface area contributed by atoms with Crippen molar-refractivity contribution in [3.63, 3.8) is 0 Å². The Labute approximate surface area is 103 Å². The van der Waals surface area contributed by atoms with E-state index in [1.54, 1.807) is 29.8 Å². The van der Waals surface area contributed by atoms with E-state index in [1.165, 1.54) is 13.2 Å². The maximum Gasteiger partial charge on any atom is 0.330 e. The van der Waals surface area contributed by atoms with Gasteiger partial charge in [-0.05, 0) is 40.8 Å². The lowest BCUT2D eigenvalue weighted by Gasteiger charge is -1.93. The smallest absolute Gasteiger partial charge is 0.330 e. The number of thiophene rings is 1. The van der Waals surface area contributed by atoms with Crippen LogP contribution in [0.5, 0.6) is 0 Å². The van der Waals surface area contributed by atoms with Crippen molar-refractivity contribution in [2.45, 2.75) is 0 Å². The molecule has 2 aromatic rings. The topological polar surface area (TPSA) is 39.2 Å². The van der Waals surface area contributed by atoms with Crippen LogP contribution in [0.4, 0.5) is 0 Å². The highest BCUT2D eigenvalue weighted by atomic mass is 32.1. The summed E-state index contributed by atoms with van der Waals surface area (Å²) in [7, 11) is 1.36. The summed E-state index contributed by atoms with van der Waals surface area (Å²) < 4.78 is 4.53. The second kappa shape index (κ2) is 5.41. The van der Waals surface area contributed by atoms with Crippen molar-refractivity contribution in [3.8, 4) is 11.1 Å². The molecule has 0 saturated carbocycles. The highest BCUT2D eigenvalue weighted by molar-refractivity contribution is 7.11. The van der Waals surface area contributed by atoms with Crippen molar-refractivity contribution in [2.75, 3.05) is 7.11 Å². The van der Waals surface area contributed by atoms with Gasteiger partial charge in [-0.3, -0.25) is 4.98 Å². The number of carbonyl (C=O) groups excluding carboxylic acids is 1. The van der Waals surface area contributed by atoms with Crippen LogP contribution in [-0.2, 0) is 9.53 Å². The Bertz CT molecular complexity index is 531. The van der Waals surface area contributed by atoms with Gasteiger partial charge in [0.25, 0.3) is 0 Å². The number of aromatic nitrogens is 1. The van der Waals surface area contributed by atoms with Crippen molar-refractivity contribution >= 4 is 23.4 Å². The third-order valence-corrected chi connectivity index (χ3v) is 3.12. The lowest BCUT2D eigenvalue weighted by atomic mass is 10.1. The zero-order valence-corrected chi connectivity index (χ0v) is 10.1. The van der Waals surface area contributed by atoms with Gasteiger partial charge in [-0.15, -0.1) is 11.3 Å². The zero-order chi connectivity index (χ0) is 12.1. The fraction of sp³-hybridized carbons (Fsp3) is 0.0769. The lowest BCUT2D eigenvalue weighted by Crippen LogP contribution is -1.92. The van der Waals surface area contributed by atoms with Crippen molar-refractivity contribution < 1.29 is 9.53 Å². The molecule has 3 nitrogen and oxygen atoms in total. The number of nitrogens with zero attached hydrogens (tertiary/aromatic N) is 1. The number of pyridine rings is 1. The molecule has 0 amide bonds. The minimum absolute atomic E-state index is 0.344. The molecular formula is C13H11NO2S. The summed E-state index contributed by atoms with van der Waals surface area (Å²) in [5, 5.41) is 2.05. The maximum absolute atomic E-state index is 10.9. The van der Waals surface area contributed by atoms with Crippen LogP contribution in [0.1, 0.15) is 4.88 Å². The molecule has 86 valence electrons. The Morgan fingerprint density at radius 3 is 2.82 bits per heavy atom. The predicted octanol–water partition coefficient (Wildman–Crippen LogP) is 3.00. The summed E-state index contributed by atoms with van der Waals surface area (Å²) in [5.41, 5.74) is 2.25. The molecule has 2 rings (SSSR count). The molecule has 0 aliphatic heterocycles. The molecule has 0 fully saturated rings. The van der Waals surface area contributed by atoms with Gasteiger partial charge < -0.3 is 4.74 Å². The summed E-state index contributed by atoms with van der Waals surface area (Å²) >= 11 is 1.58. The second-order valence-corrected chi connectivity index (χ2v) is 4.27. The van der Waals surface area contributed by atoms with Crippen LogP contribution in [-0.4, -0.2) is 18.1 Å². The monoisotopic (exact) mass is 245 g/mol. The molecule has 0 aromatic carbocycles. The highest BCUT2D eigenvalue weighted by Crippen LogP contribution is 2.25. The van der Waals surface area contributed by atoms with Gasteiger partial charge >= 0.3 is 5.97 Å². The molecule has 0 atom stereocenters. The molecule has 4 heteroatoms. The number of hydrogen-bond acceptors (Lipinski definition) is 4. The number of methoxy groups -OCH3 is 1. The van der Waals surface area contributed by atoms with Crippen molar-refractivity contribution in [3.05, 3.63) is 46.9 Å². The van der Waals surface area contributed by atoms with E-state index in [0.717, 1.165) is 16.0 Å². The Hall–Kier alpha value is -1.94. The third-order valence-electron chi connectivity index (χ3n) is 2.22. The molecule has 0 N–H and O–H groups in total. The molecule has 0 radical (unpaired) electrons. The van der Waals surface area contributed by atoms with Crippen LogP contribution >= 0.6 is 11.3 Å². The average Bonchev–Trinajstić information content (AvgIpc) is 2.86.